The third kappa shape index (κ3) is 5.93. The van der Waals surface area contributed by atoms with Crippen molar-refractivity contribution in [2.75, 3.05) is 31.1 Å². The number of benzene rings is 2. The van der Waals surface area contributed by atoms with Crippen molar-refractivity contribution in [2.24, 2.45) is 5.92 Å². The second-order valence-corrected chi connectivity index (χ2v) is 8.73. The average molecular weight is 423 g/mol. The lowest BCUT2D eigenvalue weighted by molar-refractivity contribution is -0.122. The molecule has 0 aromatic heterocycles. The number of likely N-dealkylation sites (N-methyl/N-ethyl adjacent to an activating group) is 1. The number of hydrogen-bond acceptors (Lipinski definition) is 4. The monoisotopic (exact) mass is 422 g/mol. The van der Waals surface area contributed by atoms with Crippen LogP contribution in [-0.4, -0.2) is 38.3 Å². The van der Waals surface area contributed by atoms with Crippen molar-refractivity contribution in [1.82, 2.24) is 5.32 Å². The second kappa shape index (κ2) is 10.1. The molecule has 5 heteroatoms. The van der Waals surface area contributed by atoms with Crippen LogP contribution in [-0.2, 0) is 4.79 Å². The fourth-order valence-corrected chi connectivity index (χ4v) is 4.07. The molecule has 2 aromatic rings. The summed E-state index contributed by atoms with van der Waals surface area (Å²) < 4.78 is 12.1. The van der Waals surface area contributed by atoms with Crippen molar-refractivity contribution in [2.45, 2.75) is 51.6 Å². The first kappa shape index (κ1) is 21.5. The first-order valence-electron chi connectivity index (χ1n) is 11.6. The summed E-state index contributed by atoms with van der Waals surface area (Å²) in [5.74, 6) is 2.62. The number of nitrogens with zero attached hydrogens (tertiary/aromatic N) is 1. The largest absolute Gasteiger partial charge is 0.494 e. The molecule has 0 bridgehead atoms. The zero-order chi connectivity index (χ0) is 21.6. The average Bonchev–Trinajstić information content (AvgIpc) is 3.50. The van der Waals surface area contributed by atoms with E-state index in [0.29, 0.717) is 6.54 Å². The van der Waals surface area contributed by atoms with E-state index < -0.39 is 0 Å². The number of amides is 1. The first-order chi connectivity index (χ1) is 15.1. The summed E-state index contributed by atoms with van der Waals surface area (Å²) in [6.45, 7) is 7.20. The molecule has 0 radical (unpaired) electrons. The Morgan fingerprint density at radius 3 is 2.45 bits per heavy atom. The molecule has 2 aromatic carbocycles. The molecule has 1 heterocycles. The quantitative estimate of drug-likeness (QED) is 0.600. The Hall–Kier alpha value is -2.69. The lowest BCUT2D eigenvalue weighted by atomic mass is 10.0. The summed E-state index contributed by atoms with van der Waals surface area (Å²) >= 11 is 0. The van der Waals surface area contributed by atoms with Crippen molar-refractivity contribution in [3.63, 3.8) is 0 Å². The van der Waals surface area contributed by atoms with Crippen LogP contribution in [0.25, 0.3) is 0 Å². The van der Waals surface area contributed by atoms with Crippen LogP contribution < -0.4 is 19.7 Å². The summed E-state index contributed by atoms with van der Waals surface area (Å²) in [5.41, 5.74) is 2.22. The van der Waals surface area contributed by atoms with Crippen LogP contribution in [0, 0.1) is 5.92 Å². The highest BCUT2D eigenvalue weighted by molar-refractivity contribution is 5.83. The number of ether oxygens (including phenoxy) is 2. The number of carbonyl (C=O) groups excluding carboxylic acids is 1. The molecule has 2 aliphatic rings. The van der Waals surface area contributed by atoms with Crippen LogP contribution in [0.5, 0.6) is 11.5 Å². The number of anilines is 1. The molecule has 31 heavy (non-hydrogen) atoms. The van der Waals surface area contributed by atoms with Gasteiger partial charge in [0, 0.05) is 25.2 Å². The molecule has 1 aliphatic heterocycles. The first-order valence-corrected chi connectivity index (χ1v) is 11.6. The zero-order valence-electron chi connectivity index (χ0n) is 18.7. The minimum absolute atomic E-state index is 0.0573. The van der Waals surface area contributed by atoms with E-state index in [1.165, 1.54) is 24.9 Å². The molecular formula is C26H34N2O3. The summed E-state index contributed by atoms with van der Waals surface area (Å²) in [6, 6.07) is 16.4. The van der Waals surface area contributed by atoms with Gasteiger partial charge in [0.2, 0.25) is 5.91 Å². The van der Waals surface area contributed by atoms with Gasteiger partial charge in [-0.3, -0.25) is 4.79 Å². The highest BCUT2D eigenvalue weighted by Gasteiger charge is 2.25. The standard InChI is InChI=1S/C26H34N2O3/c1-3-27-26(29)19(2)21-6-10-24(11-7-21)31-25-14-16-28(18-25)22-8-12-23(13-9-22)30-17-15-20-4-5-20/h6-13,19-20,25H,3-5,14-18H2,1-2H3,(H,27,29). The SMILES string of the molecule is CCNC(=O)C(C)c1ccc(OC2CCN(c3ccc(OCCC4CC4)cc3)C2)cc1. The van der Waals surface area contributed by atoms with Gasteiger partial charge in [-0.15, -0.1) is 0 Å². The summed E-state index contributed by atoms with van der Waals surface area (Å²) in [4.78, 5) is 14.4. The Labute approximate surface area is 185 Å². The van der Waals surface area contributed by atoms with Crippen molar-refractivity contribution < 1.29 is 14.3 Å². The topological polar surface area (TPSA) is 50.8 Å². The molecule has 5 nitrogen and oxygen atoms in total. The number of nitrogens with one attached hydrogen (secondary N) is 1. The minimum Gasteiger partial charge on any atom is -0.494 e. The third-order valence-corrected chi connectivity index (χ3v) is 6.27. The molecular weight excluding hydrogens is 388 g/mol. The van der Waals surface area contributed by atoms with Gasteiger partial charge in [-0.05, 0) is 68.1 Å². The van der Waals surface area contributed by atoms with Crippen LogP contribution >= 0.6 is 0 Å². The van der Waals surface area contributed by atoms with E-state index in [1.54, 1.807) is 0 Å². The highest BCUT2D eigenvalue weighted by atomic mass is 16.5. The van der Waals surface area contributed by atoms with Crippen LogP contribution in [0.3, 0.4) is 0 Å². The second-order valence-electron chi connectivity index (χ2n) is 8.73. The Morgan fingerprint density at radius 1 is 1.06 bits per heavy atom. The van der Waals surface area contributed by atoms with Gasteiger partial charge in [0.15, 0.2) is 0 Å². The number of hydrogen-bond donors (Lipinski definition) is 1. The van der Waals surface area contributed by atoms with E-state index in [1.807, 2.05) is 38.1 Å². The molecule has 2 atom stereocenters. The highest BCUT2D eigenvalue weighted by Crippen LogP contribution is 2.32. The molecule has 1 amide bonds. The smallest absolute Gasteiger partial charge is 0.227 e. The zero-order valence-corrected chi connectivity index (χ0v) is 18.7. The summed E-state index contributed by atoms with van der Waals surface area (Å²) in [6.07, 6.45) is 5.09. The van der Waals surface area contributed by atoms with Gasteiger partial charge in [0.1, 0.15) is 17.6 Å². The predicted molar refractivity (Wildman–Crippen MR) is 124 cm³/mol. The van der Waals surface area contributed by atoms with Crippen LogP contribution in [0.15, 0.2) is 48.5 Å². The maximum Gasteiger partial charge on any atom is 0.227 e. The fraction of sp³-hybridized carbons (Fsp3) is 0.500. The molecule has 2 unspecified atom stereocenters. The minimum atomic E-state index is -0.156. The molecule has 0 spiro atoms. The molecule has 1 N–H and O–H groups in total. The van der Waals surface area contributed by atoms with Crippen molar-refractivity contribution in [3.8, 4) is 11.5 Å². The number of carbonyl (C=O) groups is 1. The van der Waals surface area contributed by atoms with Crippen molar-refractivity contribution in [1.29, 1.82) is 0 Å². The van der Waals surface area contributed by atoms with Gasteiger partial charge in [0.25, 0.3) is 0 Å². The van der Waals surface area contributed by atoms with E-state index in [2.05, 4.69) is 34.5 Å². The Bertz CT molecular complexity index is 846. The van der Waals surface area contributed by atoms with Crippen LogP contribution in [0.2, 0.25) is 0 Å². The van der Waals surface area contributed by atoms with Gasteiger partial charge in [-0.2, -0.15) is 0 Å². The van der Waals surface area contributed by atoms with Gasteiger partial charge in [-0.1, -0.05) is 25.0 Å². The third-order valence-electron chi connectivity index (χ3n) is 6.27. The van der Waals surface area contributed by atoms with E-state index in [0.717, 1.165) is 49.1 Å². The normalized spacial score (nSPS) is 19.2. The van der Waals surface area contributed by atoms with E-state index in [4.69, 9.17) is 9.47 Å². The Balaban J connectivity index is 1.25. The summed E-state index contributed by atoms with van der Waals surface area (Å²) in [5, 5.41) is 2.87. The molecule has 1 aliphatic carbocycles. The predicted octanol–water partition coefficient (Wildman–Crippen LogP) is 4.76. The molecule has 2 fully saturated rings. The molecule has 1 saturated carbocycles. The molecule has 166 valence electrons. The summed E-state index contributed by atoms with van der Waals surface area (Å²) in [7, 11) is 0. The molecule has 1 saturated heterocycles. The van der Waals surface area contributed by atoms with Gasteiger partial charge >= 0.3 is 0 Å². The Morgan fingerprint density at radius 2 is 1.77 bits per heavy atom. The Kier molecular flexibility index (Phi) is 7.00. The van der Waals surface area contributed by atoms with Crippen molar-refractivity contribution in [3.05, 3.63) is 54.1 Å². The number of rotatable bonds is 10. The van der Waals surface area contributed by atoms with Crippen LogP contribution in [0.4, 0.5) is 5.69 Å². The van der Waals surface area contributed by atoms with Gasteiger partial charge in [0.05, 0.1) is 19.1 Å². The maximum absolute atomic E-state index is 12.0. The van der Waals surface area contributed by atoms with E-state index >= 15 is 0 Å². The lowest BCUT2D eigenvalue weighted by Gasteiger charge is -2.20. The van der Waals surface area contributed by atoms with Crippen molar-refractivity contribution >= 4 is 11.6 Å². The van der Waals surface area contributed by atoms with Gasteiger partial charge in [-0.25, -0.2) is 0 Å². The van der Waals surface area contributed by atoms with E-state index in [9.17, 15) is 4.79 Å². The fourth-order valence-electron chi connectivity index (χ4n) is 4.07. The van der Waals surface area contributed by atoms with Crippen LogP contribution in [0.1, 0.15) is 51.0 Å². The lowest BCUT2D eigenvalue weighted by Crippen LogP contribution is -2.27. The van der Waals surface area contributed by atoms with E-state index in [-0.39, 0.29) is 17.9 Å². The van der Waals surface area contributed by atoms with Gasteiger partial charge < -0.3 is 19.7 Å². The maximum atomic E-state index is 12.0. The molecule has 4 rings (SSSR count).